The second kappa shape index (κ2) is 19.2. The first kappa shape index (κ1) is 36.0. The molecule has 2 atom stereocenters. The minimum Gasteiger partial charge on any atom is -0.419 e. The molecule has 8 nitrogen and oxygen atoms in total. The van der Waals surface area contributed by atoms with E-state index in [4.69, 9.17) is 15.9 Å². The van der Waals surface area contributed by atoms with Gasteiger partial charge in [0.05, 0.1) is 17.7 Å². The lowest BCUT2D eigenvalue weighted by atomic mass is 9.95. The molecule has 43 heavy (non-hydrogen) atoms. The fourth-order valence-corrected chi connectivity index (χ4v) is 3.61. The van der Waals surface area contributed by atoms with E-state index in [1.54, 1.807) is 55.3 Å². The summed E-state index contributed by atoms with van der Waals surface area (Å²) in [5.74, 6) is 0.329. The fourth-order valence-electron chi connectivity index (χ4n) is 3.61. The highest BCUT2D eigenvalue weighted by atomic mass is 16.4. The van der Waals surface area contributed by atoms with E-state index in [1.807, 2.05) is 64.1 Å². The van der Waals surface area contributed by atoms with Gasteiger partial charge in [0.1, 0.15) is 0 Å². The summed E-state index contributed by atoms with van der Waals surface area (Å²) in [6, 6.07) is 24.3. The van der Waals surface area contributed by atoms with Gasteiger partial charge in [-0.2, -0.15) is 5.26 Å². The Hall–Kier alpha value is -5.00. The molecule has 0 bridgehead atoms. The molecular formula is C35H44N6O2. The number of hydrogen-bond acceptors (Lipinski definition) is 7. The topological polar surface area (TPSA) is 135 Å². The zero-order valence-electron chi connectivity index (χ0n) is 26.3. The first-order valence-corrected chi connectivity index (χ1v) is 14.1. The van der Waals surface area contributed by atoms with E-state index in [0.717, 1.165) is 0 Å². The number of nitriles is 1. The number of aromatic nitrogens is 2. The molecule has 1 aromatic heterocycles. The average molecular weight is 581 g/mol. The molecule has 0 saturated carbocycles. The molecule has 226 valence electrons. The number of rotatable bonds is 6. The number of nitrogens with two attached hydrogens (primary N) is 2. The highest BCUT2D eigenvalue weighted by Crippen LogP contribution is 2.31. The molecule has 4 rings (SSSR count). The Labute approximate surface area is 256 Å². The van der Waals surface area contributed by atoms with Gasteiger partial charge in [0.25, 0.3) is 5.91 Å². The normalized spacial score (nSPS) is 11.2. The van der Waals surface area contributed by atoms with Crippen LogP contribution >= 0.6 is 0 Å². The minimum atomic E-state index is -0.417. The first-order chi connectivity index (χ1) is 20.7. The van der Waals surface area contributed by atoms with Crippen LogP contribution in [0, 0.1) is 18.3 Å². The lowest BCUT2D eigenvalue weighted by Gasteiger charge is -2.23. The minimum absolute atomic E-state index is 0.205. The molecular weight excluding hydrogens is 536 g/mol. The Bertz CT molecular complexity index is 1490. The number of aryl methyl sites for hydroxylation is 1. The SMILES string of the molecule is C=CC.CC.CC(N)c1nnc(-c2cc(C(=O)N(C)[C@H](C)/C=C/N)cc(-c3ccccc3C#N)c2)o1.Cc1ccccc1. The number of likely N-dealkylation sites (N-methyl/N-ethyl adjacent to an activating group) is 1. The van der Waals surface area contributed by atoms with Crippen molar-refractivity contribution in [3.63, 3.8) is 0 Å². The maximum absolute atomic E-state index is 13.2. The Kier molecular flexibility index (Phi) is 16.1. The van der Waals surface area contributed by atoms with Gasteiger partial charge >= 0.3 is 0 Å². The van der Waals surface area contributed by atoms with Crippen molar-refractivity contribution in [1.82, 2.24) is 15.1 Å². The highest BCUT2D eigenvalue weighted by Gasteiger charge is 2.20. The molecule has 3 aromatic carbocycles. The predicted molar refractivity (Wildman–Crippen MR) is 176 cm³/mol. The second-order valence-electron chi connectivity index (χ2n) is 9.30. The van der Waals surface area contributed by atoms with Crippen LogP contribution in [0.4, 0.5) is 0 Å². The van der Waals surface area contributed by atoms with Gasteiger partial charge in [0, 0.05) is 24.2 Å². The molecule has 1 heterocycles. The van der Waals surface area contributed by atoms with Crippen LogP contribution in [0.1, 0.15) is 68.0 Å². The number of carbonyl (C=O) groups excluding carboxylic acids is 1. The van der Waals surface area contributed by atoms with Crippen LogP contribution in [0.15, 0.2) is 102 Å². The third-order valence-electron chi connectivity index (χ3n) is 5.88. The number of allylic oxidation sites excluding steroid dienone is 1. The van der Waals surface area contributed by atoms with Crippen molar-refractivity contribution in [2.75, 3.05) is 7.05 Å². The van der Waals surface area contributed by atoms with Crippen LogP contribution in [-0.4, -0.2) is 34.1 Å². The lowest BCUT2D eigenvalue weighted by Crippen LogP contribution is -2.34. The lowest BCUT2D eigenvalue weighted by molar-refractivity contribution is 0.0769. The Morgan fingerprint density at radius 2 is 1.60 bits per heavy atom. The molecule has 0 saturated heterocycles. The summed E-state index contributed by atoms with van der Waals surface area (Å²) in [6.45, 7) is 14.9. The molecule has 4 aromatic rings. The van der Waals surface area contributed by atoms with Crippen molar-refractivity contribution in [3.8, 4) is 28.7 Å². The van der Waals surface area contributed by atoms with Crippen molar-refractivity contribution < 1.29 is 9.21 Å². The zero-order valence-corrected chi connectivity index (χ0v) is 26.3. The third-order valence-corrected chi connectivity index (χ3v) is 5.88. The molecule has 0 aliphatic heterocycles. The van der Waals surface area contributed by atoms with Gasteiger partial charge in [0.15, 0.2) is 0 Å². The van der Waals surface area contributed by atoms with E-state index < -0.39 is 6.04 Å². The van der Waals surface area contributed by atoms with Gasteiger partial charge in [-0.05, 0) is 75.4 Å². The van der Waals surface area contributed by atoms with Crippen LogP contribution in [0.2, 0.25) is 0 Å². The average Bonchev–Trinajstić information content (AvgIpc) is 3.53. The molecule has 0 aliphatic rings. The monoisotopic (exact) mass is 580 g/mol. The molecule has 8 heteroatoms. The number of carbonyl (C=O) groups is 1. The molecule has 0 radical (unpaired) electrons. The standard InChI is InChI=1S/C23H24N6O2.C7H8.C3H6.C2H6/c1-14(8-9-24)29(3)23(30)19-11-17(20-7-5-4-6-16(20)13-25)10-18(12-19)22-28-27-21(31-22)15(2)26;1-7-5-3-2-4-6-7;1-3-2;1-2/h4-12,14-15H,24,26H2,1-3H3;2-6H,1H3;3H,1H2,2H3;1-2H3/b9-8+;;;/t14-,15?;;;/m1.../s1. The van der Waals surface area contributed by atoms with Gasteiger partial charge in [-0.25, -0.2) is 0 Å². The molecule has 4 N–H and O–H groups in total. The molecule has 0 fully saturated rings. The number of benzene rings is 3. The van der Waals surface area contributed by atoms with Gasteiger partial charge in [0.2, 0.25) is 11.8 Å². The van der Waals surface area contributed by atoms with Crippen molar-refractivity contribution in [3.05, 3.63) is 120 Å². The van der Waals surface area contributed by atoms with Crippen LogP contribution in [-0.2, 0) is 0 Å². The van der Waals surface area contributed by atoms with E-state index in [-0.39, 0.29) is 17.8 Å². The number of hydrogen-bond donors (Lipinski definition) is 2. The Balaban J connectivity index is 0.000000649. The van der Waals surface area contributed by atoms with Crippen molar-refractivity contribution in [1.29, 1.82) is 5.26 Å². The second-order valence-corrected chi connectivity index (χ2v) is 9.30. The zero-order chi connectivity index (χ0) is 32.4. The van der Waals surface area contributed by atoms with Crippen molar-refractivity contribution >= 4 is 5.91 Å². The van der Waals surface area contributed by atoms with Crippen LogP contribution in [0.5, 0.6) is 0 Å². The van der Waals surface area contributed by atoms with Gasteiger partial charge in [-0.3, -0.25) is 4.79 Å². The molecule has 1 unspecified atom stereocenters. The van der Waals surface area contributed by atoms with E-state index >= 15 is 0 Å². The third kappa shape index (κ3) is 11.1. The molecule has 0 spiro atoms. The van der Waals surface area contributed by atoms with E-state index in [0.29, 0.717) is 33.7 Å². The van der Waals surface area contributed by atoms with E-state index in [2.05, 4.69) is 41.9 Å². The number of amides is 1. The summed E-state index contributed by atoms with van der Waals surface area (Å²) >= 11 is 0. The van der Waals surface area contributed by atoms with Crippen molar-refractivity contribution in [2.24, 2.45) is 11.5 Å². The maximum atomic E-state index is 13.2. The molecule has 1 amide bonds. The van der Waals surface area contributed by atoms with Crippen molar-refractivity contribution in [2.45, 2.75) is 53.6 Å². The quantitative estimate of drug-likeness (QED) is 0.226. The van der Waals surface area contributed by atoms with Crippen LogP contribution in [0.25, 0.3) is 22.6 Å². The first-order valence-electron chi connectivity index (χ1n) is 14.1. The van der Waals surface area contributed by atoms with E-state index in [1.165, 1.54) is 11.8 Å². The summed E-state index contributed by atoms with van der Waals surface area (Å²) < 4.78 is 5.69. The Morgan fingerprint density at radius 3 is 2.12 bits per heavy atom. The van der Waals surface area contributed by atoms with Gasteiger partial charge in [-0.1, -0.05) is 74.0 Å². The summed E-state index contributed by atoms with van der Waals surface area (Å²) in [6.07, 6.45) is 4.88. The Morgan fingerprint density at radius 1 is 1.02 bits per heavy atom. The fraction of sp³-hybridized carbons (Fsp3) is 0.257. The predicted octanol–water partition coefficient (Wildman–Crippen LogP) is 7.44. The van der Waals surface area contributed by atoms with Gasteiger partial charge in [-0.15, -0.1) is 16.8 Å². The van der Waals surface area contributed by atoms with Crippen LogP contribution in [0.3, 0.4) is 0 Å². The van der Waals surface area contributed by atoms with Crippen LogP contribution < -0.4 is 11.5 Å². The largest absolute Gasteiger partial charge is 0.419 e. The van der Waals surface area contributed by atoms with E-state index in [9.17, 15) is 10.1 Å². The maximum Gasteiger partial charge on any atom is 0.254 e. The molecule has 0 aliphatic carbocycles. The summed E-state index contributed by atoms with van der Waals surface area (Å²) in [4.78, 5) is 14.8. The smallest absolute Gasteiger partial charge is 0.254 e. The summed E-state index contributed by atoms with van der Waals surface area (Å²) in [5.41, 5.74) is 15.5. The summed E-state index contributed by atoms with van der Waals surface area (Å²) in [7, 11) is 1.70. The summed E-state index contributed by atoms with van der Waals surface area (Å²) in [5, 5.41) is 17.6. The van der Waals surface area contributed by atoms with Gasteiger partial charge < -0.3 is 20.8 Å². The number of nitrogens with zero attached hydrogens (tertiary/aromatic N) is 4. The highest BCUT2D eigenvalue weighted by molar-refractivity contribution is 5.97.